The number of hydrogen-bond donors (Lipinski definition) is 0. The van der Waals surface area contributed by atoms with Crippen LogP contribution in [0.3, 0.4) is 0 Å². The molecular formula is C94H169NO8. The minimum atomic E-state index is -1.62. The van der Waals surface area contributed by atoms with Gasteiger partial charge in [0.25, 0.3) is 0 Å². The van der Waals surface area contributed by atoms with Crippen LogP contribution >= 0.6 is 0 Å². The molecule has 0 radical (unpaired) electrons. The van der Waals surface area contributed by atoms with Crippen molar-refractivity contribution in [2.24, 2.45) is 0 Å². The molecule has 0 rings (SSSR count). The summed E-state index contributed by atoms with van der Waals surface area (Å²) in [6, 6.07) is 0. The molecule has 0 fully saturated rings. The van der Waals surface area contributed by atoms with Crippen molar-refractivity contribution in [2.45, 2.75) is 437 Å². The molecule has 0 saturated heterocycles. The van der Waals surface area contributed by atoms with Crippen molar-refractivity contribution in [3.05, 3.63) is 97.2 Å². The summed E-state index contributed by atoms with van der Waals surface area (Å²) >= 11 is 0. The van der Waals surface area contributed by atoms with E-state index in [0.29, 0.717) is 23.9 Å². The van der Waals surface area contributed by atoms with Gasteiger partial charge < -0.3 is 33.3 Å². The van der Waals surface area contributed by atoms with Crippen LogP contribution in [0.4, 0.5) is 0 Å². The summed E-state index contributed by atoms with van der Waals surface area (Å²) in [4.78, 5) is 37.7. The van der Waals surface area contributed by atoms with E-state index in [-0.39, 0.29) is 32.2 Å². The van der Waals surface area contributed by atoms with Crippen LogP contribution in [0.5, 0.6) is 0 Å². The first-order valence-electron chi connectivity index (χ1n) is 44.4. The van der Waals surface area contributed by atoms with Crippen LogP contribution in [0.15, 0.2) is 97.2 Å². The lowest BCUT2D eigenvalue weighted by Gasteiger charge is -2.26. The number of ether oxygens (including phenoxy) is 4. The van der Waals surface area contributed by atoms with E-state index < -0.39 is 24.3 Å². The van der Waals surface area contributed by atoms with Crippen LogP contribution in [0.2, 0.25) is 0 Å². The van der Waals surface area contributed by atoms with Gasteiger partial charge in [-0.25, -0.2) is 0 Å². The monoisotopic (exact) mass is 1440 g/mol. The SMILES string of the molecule is CC/C=C\C/C=C\C/C=C\C/C=C\C/C=C\C/C=C\C/C=C\CCCCCCCCCCCCCCCCCCCC(=O)OC(COC(=O)CCCCCCCCCCCCCCCCCCCCCCCCCCCCC/C=C\CCCCCCCCCC)COC(OCC[N+](C)(C)C)C(=O)[O-]. The molecule has 0 aromatic carbocycles. The second-order valence-corrected chi connectivity index (χ2v) is 31.2. The van der Waals surface area contributed by atoms with Gasteiger partial charge >= 0.3 is 11.9 Å². The predicted molar refractivity (Wildman–Crippen MR) is 444 cm³/mol. The number of allylic oxidation sites excluding steroid dienone is 16. The third-order valence-corrected chi connectivity index (χ3v) is 19.8. The quantitative estimate of drug-likeness (QED) is 0.0195. The Kier molecular flexibility index (Phi) is 80.8. The van der Waals surface area contributed by atoms with Gasteiger partial charge in [0.15, 0.2) is 12.4 Å². The van der Waals surface area contributed by atoms with Gasteiger partial charge in [0.1, 0.15) is 13.2 Å². The molecule has 0 amide bonds. The highest BCUT2D eigenvalue weighted by atomic mass is 16.7. The van der Waals surface area contributed by atoms with Crippen LogP contribution in [0, 0.1) is 0 Å². The molecule has 0 spiro atoms. The molecule has 2 atom stereocenters. The zero-order chi connectivity index (χ0) is 74.6. The molecule has 0 bridgehead atoms. The molecule has 0 aromatic heterocycles. The van der Waals surface area contributed by atoms with Crippen LogP contribution in [-0.4, -0.2) is 82.3 Å². The predicted octanol–water partition coefficient (Wildman–Crippen LogP) is 27.7. The Morgan fingerprint density at radius 2 is 0.553 bits per heavy atom. The number of rotatable bonds is 83. The first-order valence-corrected chi connectivity index (χ1v) is 44.4. The molecule has 0 saturated carbocycles. The third-order valence-electron chi connectivity index (χ3n) is 19.8. The molecule has 598 valence electrons. The molecule has 0 aliphatic heterocycles. The summed E-state index contributed by atoms with van der Waals surface area (Å²) in [7, 11) is 5.95. The van der Waals surface area contributed by atoms with Gasteiger partial charge in [-0.2, -0.15) is 0 Å². The summed E-state index contributed by atoms with van der Waals surface area (Å²) in [5.74, 6) is -2.26. The molecular weight excluding hydrogens is 1270 g/mol. The number of esters is 2. The second-order valence-electron chi connectivity index (χ2n) is 31.2. The molecule has 9 nitrogen and oxygen atoms in total. The van der Waals surface area contributed by atoms with Crippen molar-refractivity contribution < 1.29 is 42.9 Å². The van der Waals surface area contributed by atoms with Crippen molar-refractivity contribution in [3.8, 4) is 0 Å². The van der Waals surface area contributed by atoms with E-state index in [1.165, 1.54) is 315 Å². The Morgan fingerprint density at radius 3 is 0.835 bits per heavy atom. The number of likely N-dealkylation sites (N-methyl/N-ethyl adjacent to an activating group) is 1. The summed E-state index contributed by atoms with van der Waals surface area (Å²) in [5, 5.41) is 11.9. The Bertz CT molecular complexity index is 2030. The van der Waals surface area contributed by atoms with Crippen molar-refractivity contribution in [3.63, 3.8) is 0 Å². The maximum absolute atomic E-state index is 13.0. The number of quaternary nitrogens is 1. The minimum Gasteiger partial charge on any atom is -0.545 e. The van der Waals surface area contributed by atoms with Gasteiger partial charge in [-0.3, -0.25) is 9.59 Å². The largest absolute Gasteiger partial charge is 0.545 e. The zero-order valence-electron chi connectivity index (χ0n) is 68.7. The number of hydrogen-bond acceptors (Lipinski definition) is 8. The topological polar surface area (TPSA) is 111 Å². The highest BCUT2D eigenvalue weighted by molar-refractivity contribution is 5.70. The number of carbonyl (C=O) groups excluding carboxylic acids is 3. The lowest BCUT2D eigenvalue weighted by Crippen LogP contribution is -2.44. The summed E-state index contributed by atoms with van der Waals surface area (Å²) in [5.41, 5.74) is 0. The highest BCUT2D eigenvalue weighted by Crippen LogP contribution is 2.20. The first kappa shape index (κ1) is 99.2. The summed E-state index contributed by atoms with van der Waals surface area (Å²) in [6.45, 7) is 4.70. The van der Waals surface area contributed by atoms with E-state index in [4.69, 9.17) is 18.9 Å². The normalized spacial score (nSPS) is 13.1. The molecule has 0 aliphatic rings. The number of carbonyl (C=O) groups is 3. The standard InChI is InChI=1S/C94H169NO8/c1-6-8-10-12-14-16-18-20-22-24-26-28-30-32-34-36-38-40-42-44-46-48-50-52-54-56-58-60-62-64-66-68-70-72-74-76-78-80-82-84-91(96)101-88-90(89-102-94(93(98)99)100-87-86-95(3,4)5)103-92(97)85-83-81-79-77-75-73-71-69-67-65-63-61-59-57-55-53-51-49-47-45-43-41-39-37-35-33-31-29-27-25-23-21-19-17-15-13-11-9-7-2/h9,11,15,17,21,23-24,26-27,29,33,35,39,41,45,47,90,94H,6-8,10,12-14,16,18-20,22,25,28,30-32,34,36-38,40,42-44,46,48-89H2,1-5H3/b11-9-,17-15-,23-21-,26-24-,29-27-,35-33-,41-39-,47-45-. The van der Waals surface area contributed by atoms with Crippen molar-refractivity contribution in [1.82, 2.24) is 0 Å². The lowest BCUT2D eigenvalue weighted by molar-refractivity contribution is -0.870. The van der Waals surface area contributed by atoms with Gasteiger partial charge in [-0.1, -0.05) is 413 Å². The third kappa shape index (κ3) is 85.3. The average Bonchev–Trinajstić information content (AvgIpc) is 0.985. The maximum atomic E-state index is 13.0. The number of carboxylic acids is 1. The number of nitrogens with zero attached hydrogens (tertiary/aromatic N) is 1. The minimum absolute atomic E-state index is 0.148. The van der Waals surface area contributed by atoms with Crippen LogP contribution < -0.4 is 5.11 Å². The Hall–Kier alpha value is -3.79. The fourth-order valence-corrected chi connectivity index (χ4v) is 13.1. The van der Waals surface area contributed by atoms with Crippen LogP contribution in [0.1, 0.15) is 425 Å². The fourth-order valence-electron chi connectivity index (χ4n) is 13.1. The Balaban J connectivity index is 3.94. The van der Waals surface area contributed by atoms with Crippen LogP contribution in [0.25, 0.3) is 0 Å². The number of aliphatic carboxylic acids is 1. The van der Waals surface area contributed by atoms with E-state index in [9.17, 15) is 19.5 Å². The lowest BCUT2D eigenvalue weighted by atomic mass is 10.0. The highest BCUT2D eigenvalue weighted by Gasteiger charge is 2.22. The smallest absolute Gasteiger partial charge is 0.306 e. The van der Waals surface area contributed by atoms with E-state index >= 15 is 0 Å². The molecule has 2 unspecified atom stereocenters. The van der Waals surface area contributed by atoms with E-state index in [1.54, 1.807) is 0 Å². The zero-order valence-corrected chi connectivity index (χ0v) is 68.7. The molecule has 0 aliphatic carbocycles. The summed E-state index contributed by atoms with van der Waals surface area (Å²) < 4.78 is 22.9. The van der Waals surface area contributed by atoms with E-state index in [1.807, 2.05) is 21.1 Å². The van der Waals surface area contributed by atoms with Crippen molar-refractivity contribution >= 4 is 17.9 Å². The molecule has 103 heavy (non-hydrogen) atoms. The van der Waals surface area contributed by atoms with Crippen LogP contribution in [-0.2, 0) is 33.3 Å². The fraction of sp³-hybridized carbons (Fsp3) is 0.798. The Morgan fingerprint density at radius 1 is 0.301 bits per heavy atom. The van der Waals surface area contributed by atoms with Gasteiger partial charge in [-0.05, 0) is 96.3 Å². The van der Waals surface area contributed by atoms with E-state index in [0.717, 1.165) is 77.0 Å². The van der Waals surface area contributed by atoms with Crippen molar-refractivity contribution in [1.29, 1.82) is 0 Å². The molecule has 9 heteroatoms. The molecule has 0 N–H and O–H groups in total. The summed E-state index contributed by atoms with van der Waals surface area (Å²) in [6.07, 6.45) is 114. The van der Waals surface area contributed by atoms with Crippen molar-refractivity contribution in [2.75, 3.05) is 47.5 Å². The maximum Gasteiger partial charge on any atom is 0.306 e. The van der Waals surface area contributed by atoms with E-state index in [2.05, 4.69) is 111 Å². The van der Waals surface area contributed by atoms with Gasteiger partial charge in [0.05, 0.1) is 40.3 Å². The second kappa shape index (κ2) is 83.8. The number of unbranched alkanes of at least 4 members (excludes halogenated alkanes) is 52. The average molecular weight is 1440 g/mol. The molecule has 0 aromatic rings. The first-order chi connectivity index (χ1) is 50.6. The van der Waals surface area contributed by atoms with Gasteiger partial charge in [0.2, 0.25) is 0 Å². The number of carboxylic acid groups (broad SMARTS) is 1. The van der Waals surface area contributed by atoms with Gasteiger partial charge in [-0.15, -0.1) is 0 Å². The van der Waals surface area contributed by atoms with Gasteiger partial charge in [0, 0.05) is 12.8 Å². The Labute approximate surface area is 639 Å². The molecule has 0 heterocycles.